The van der Waals surface area contributed by atoms with Gasteiger partial charge in [-0.25, -0.2) is 10.1 Å². The molecule has 0 aliphatic carbocycles. The average molecular weight is 385 g/mol. The molecular formula is C17H19N7O2S. The van der Waals surface area contributed by atoms with Crippen LogP contribution < -0.4 is 16.6 Å². The highest BCUT2D eigenvalue weighted by Crippen LogP contribution is 2.17. The first kappa shape index (κ1) is 18.5. The summed E-state index contributed by atoms with van der Waals surface area (Å²) in [6, 6.07) is 11.2. The second kappa shape index (κ2) is 8.41. The van der Waals surface area contributed by atoms with Gasteiger partial charge in [0.25, 0.3) is 5.95 Å². The zero-order valence-electron chi connectivity index (χ0n) is 14.8. The highest BCUT2D eigenvalue weighted by atomic mass is 32.2. The summed E-state index contributed by atoms with van der Waals surface area (Å²) >= 11 is 1.17. The van der Waals surface area contributed by atoms with Crippen molar-refractivity contribution < 1.29 is 9.21 Å². The van der Waals surface area contributed by atoms with Crippen LogP contribution in [0.2, 0.25) is 0 Å². The number of amides is 1. The topological polar surface area (TPSA) is 123 Å². The van der Waals surface area contributed by atoms with Crippen LogP contribution in [0.5, 0.6) is 0 Å². The number of carbonyl (C=O) groups excluding carboxylic acids is 1. The largest absolute Gasteiger partial charge is 0.460 e. The first-order valence-corrected chi connectivity index (χ1v) is 9.05. The van der Waals surface area contributed by atoms with Gasteiger partial charge >= 0.3 is 0 Å². The number of nitrogens with zero attached hydrogens (tertiary/aromatic N) is 4. The quantitative estimate of drug-likeness (QED) is 0.247. The Morgan fingerprint density at radius 2 is 2.19 bits per heavy atom. The fourth-order valence-corrected chi connectivity index (χ4v) is 2.83. The Labute approximate surface area is 160 Å². The Morgan fingerprint density at radius 1 is 1.33 bits per heavy atom. The molecule has 0 atom stereocenters. The smallest absolute Gasteiger partial charge is 0.264 e. The van der Waals surface area contributed by atoms with Gasteiger partial charge in [0.2, 0.25) is 11.1 Å². The van der Waals surface area contributed by atoms with Crippen molar-refractivity contribution in [2.24, 2.45) is 5.10 Å². The van der Waals surface area contributed by atoms with Gasteiger partial charge in [-0.1, -0.05) is 23.9 Å². The molecule has 2 aromatic heterocycles. The van der Waals surface area contributed by atoms with Crippen LogP contribution >= 0.6 is 11.8 Å². The van der Waals surface area contributed by atoms with Crippen LogP contribution in [0.25, 0.3) is 0 Å². The summed E-state index contributed by atoms with van der Waals surface area (Å²) in [5, 5.41) is 15.1. The molecule has 0 fully saturated rings. The van der Waals surface area contributed by atoms with Crippen molar-refractivity contribution in [2.75, 3.05) is 22.3 Å². The van der Waals surface area contributed by atoms with E-state index < -0.39 is 0 Å². The zero-order valence-corrected chi connectivity index (χ0v) is 15.7. The SMILES string of the molecule is Cc1cccc(NC(=O)CSc2nnc(N/N=C/c3ccc(C)o3)n2N)c1. The van der Waals surface area contributed by atoms with Crippen LogP contribution in [0.1, 0.15) is 17.1 Å². The van der Waals surface area contributed by atoms with E-state index >= 15 is 0 Å². The summed E-state index contributed by atoms with van der Waals surface area (Å²) < 4.78 is 6.60. The number of carbonyl (C=O) groups is 1. The van der Waals surface area contributed by atoms with Crippen LogP contribution in [0.4, 0.5) is 11.6 Å². The van der Waals surface area contributed by atoms with Crippen molar-refractivity contribution in [1.29, 1.82) is 0 Å². The predicted molar refractivity (Wildman–Crippen MR) is 105 cm³/mol. The summed E-state index contributed by atoms with van der Waals surface area (Å²) in [6.45, 7) is 3.81. The summed E-state index contributed by atoms with van der Waals surface area (Å²) in [4.78, 5) is 12.1. The van der Waals surface area contributed by atoms with Gasteiger partial charge in [0.15, 0.2) is 0 Å². The molecule has 1 amide bonds. The third-order valence-corrected chi connectivity index (χ3v) is 4.36. The number of anilines is 2. The number of hydrogen-bond acceptors (Lipinski definition) is 8. The Kier molecular flexibility index (Phi) is 5.77. The van der Waals surface area contributed by atoms with E-state index in [1.807, 2.05) is 44.2 Å². The predicted octanol–water partition coefficient (Wildman–Crippen LogP) is 2.38. The van der Waals surface area contributed by atoms with Crippen LogP contribution in [0.15, 0.2) is 51.1 Å². The van der Waals surface area contributed by atoms with E-state index in [-0.39, 0.29) is 17.6 Å². The molecule has 0 saturated heterocycles. The number of hydrazone groups is 1. The van der Waals surface area contributed by atoms with Crippen LogP contribution in [-0.2, 0) is 4.79 Å². The normalized spacial score (nSPS) is 11.0. The minimum Gasteiger partial charge on any atom is -0.460 e. The second-order valence-electron chi connectivity index (χ2n) is 5.70. The van der Waals surface area contributed by atoms with E-state index in [1.54, 1.807) is 6.07 Å². The molecule has 3 aromatic rings. The molecule has 2 heterocycles. The molecule has 9 nitrogen and oxygen atoms in total. The maximum absolute atomic E-state index is 12.1. The molecule has 140 valence electrons. The van der Waals surface area contributed by atoms with E-state index in [0.717, 1.165) is 17.0 Å². The van der Waals surface area contributed by atoms with E-state index in [1.165, 1.54) is 22.7 Å². The Morgan fingerprint density at radius 3 is 2.93 bits per heavy atom. The maximum Gasteiger partial charge on any atom is 0.264 e. The molecule has 0 aliphatic rings. The van der Waals surface area contributed by atoms with Crippen LogP contribution in [0.3, 0.4) is 0 Å². The van der Waals surface area contributed by atoms with Gasteiger partial charge in [-0.2, -0.15) is 5.10 Å². The third kappa shape index (κ3) is 5.11. The minimum absolute atomic E-state index is 0.151. The maximum atomic E-state index is 12.1. The molecule has 3 rings (SSSR count). The van der Waals surface area contributed by atoms with Crippen molar-refractivity contribution in [3.63, 3.8) is 0 Å². The summed E-state index contributed by atoms with van der Waals surface area (Å²) in [5.41, 5.74) is 4.51. The molecule has 27 heavy (non-hydrogen) atoms. The van der Waals surface area contributed by atoms with E-state index in [9.17, 15) is 4.79 Å². The highest BCUT2D eigenvalue weighted by molar-refractivity contribution is 7.99. The van der Waals surface area contributed by atoms with Crippen molar-refractivity contribution in [3.05, 3.63) is 53.5 Å². The van der Waals surface area contributed by atoms with Gasteiger partial charge in [-0.15, -0.1) is 10.2 Å². The van der Waals surface area contributed by atoms with E-state index in [0.29, 0.717) is 10.9 Å². The molecule has 1 aromatic carbocycles. The standard InChI is InChI=1S/C17H19N7O2S/c1-11-4-3-5-13(8-11)20-15(25)10-27-17-23-22-16(24(17)18)21-19-9-14-7-6-12(2)26-14/h3-9H,10,18H2,1-2H3,(H,20,25)(H,21,22)/b19-9+. The zero-order chi connectivity index (χ0) is 19.2. The first-order valence-electron chi connectivity index (χ1n) is 8.06. The van der Waals surface area contributed by atoms with Crippen molar-refractivity contribution in [3.8, 4) is 0 Å². The van der Waals surface area contributed by atoms with Gasteiger partial charge in [0.05, 0.1) is 12.0 Å². The molecule has 0 radical (unpaired) electrons. The Hall–Kier alpha value is -3.27. The van der Waals surface area contributed by atoms with Crippen LogP contribution in [0, 0.1) is 13.8 Å². The minimum atomic E-state index is -0.158. The number of nitrogens with one attached hydrogen (secondary N) is 2. The molecule has 0 spiro atoms. The van der Waals surface area contributed by atoms with Gasteiger partial charge in [0, 0.05) is 5.69 Å². The number of nitrogen functional groups attached to an aromatic ring is 1. The Bertz CT molecular complexity index is 964. The van der Waals surface area contributed by atoms with Gasteiger partial charge < -0.3 is 15.6 Å². The molecule has 10 heteroatoms. The number of aromatic nitrogens is 3. The lowest BCUT2D eigenvalue weighted by Gasteiger charge is -2.06. The highest BCUT2D eigenvalue weighted by Gasteiger charge is 2.12. The number of benzene rings is 1. The number of hydrogen-bond donors (Lipinski definition) is 3. The molecule has 0 saturated carbocycles. The fourth-order valence-electron chi connectivity index (χ4n) is 2.18. The summed E-state index contributed by atoms with van der Waals surface area (Å²) in [5.74, 6) is 7.56. The molecule has 0 bridgehead atoms. The molecular weight excluding hydrogens is 366 g/mol. The van der Waals surface area contributed by atoms with E-state index in [2.05, 4.69) is 26.0 Å². The monoisotopic (exact) mass is 385 g/mol. The number of aryl methyl sites for hydroxylation is 2. The van der Waals surface area contributed by atoms with E-state index in [4.69, 9.17) is 10.3 Å². The third-order valence-electron chi connectivity index (χ3n) is 3.42. The molecule has 4 N–H and O–H groups in total. The molecule has 0 aliphatic heterocycles. The first-order chi connectivity index (χ1) is 13.0. The van der Waals surface area contributed by atoms with Gasteiger partial charge in [0.1, 0.15) is 11.5 Å². The van der Waals surface area contributed by atoms with Crippen molar-refractivity contribution >= 4 is 35.5 Å². The number of rotatable bonds is 7. The second-order valence-corrected chi connectivity index (χ2v) is 6.64. The van der Waals surface area contributed by atoms with Gasteiger partial charge in [-0.05, 0) is 43.7 Å². The van der Waals surface area contributed by atoms with Crippen LogP contribution in [-0.4, -0.2) is 32.7 Å². The number of furan rings is 1. The lowest BCUT2D eigenvalue weighted by molar-refractivity contribution is -0.113. The lowest BCUT2D eigenvalue weighted by Crippen LogP contribution is -2.16. The summed E-state index contributed by atoms with van der Waals surface area (Å²) in [6.07, 6.45) is 1.50. The van der Waals surface area contributed by atoms with Gasteiger partial charge in [-0.3, -0.25) is 4.79 Å². The van der Waals surface area contributed by atoms with Crippen molar-refractivity contribution in [2.45, 2.75) is 19.0 Å². The van der Waals surface area contributed by atoms with Crippen molar-refractivity contribution in [1.82, 2.24) is 14.9 Å². The Balaban J connectivity index is 1.52. The summed E-state index contributed by atoms with van der Waals surface area (Å²) in [7, 11) is 0. The average Bonchev–Trinajstić information content (AvgIpc) is 3.19. The molecule has 0 unspecified atom stereocenters. The number of nitrogens with two attached hydrogens (primary N) is 1. The fraction of sp³-hybridized carbons (Fsp3) is 0.176. The lowest BCUT2D eigenvalue weighted by atomic mass is 10.2. The number of thioether (sulfide) groups is 1.